The summed E-state index contributed by atoms with van der Waals surface area (Å²) in [6.45, 7) is 3.71. The van der Waals surface area contributed by atoms with Crippen LogP contribution < -0.4 is 10.2 Å². The van der Waals surface area contributed by atoms with Gasteiger partial charge in [-0.2, -0.15) is 9.47 Å². The SMILES string of the molecule is Cc1cc(C(=O)NC2CCCN(c3nc(C4CC4)ns3)C2)nn1C. The number of rotatable bonds is 4. The van der Waals surface area contributed by atoms with E-state index in [1.54, 1.807) is 4.68 Å². The van der Waals surface area contributed by atoms with Crippen molar-refractivity contribution in [1.29, 1.82) is 0 Å². The third kappa shape index (κ3) is 3.15. The highest BCUT2D eigenvalue weighted by atomic mass is 32.1. The van der Waals surface area contributed by atoms with E-state index >= 15 is 0 Å². The lowest BCUT2D eigenvalue weighted by atomic mass is 10.1. The van der Waals surface area contributed by atoms with Crippen LogP contribution in [0.5, 0.6) is 0 Å². The molecule has 1 aliphatic carbocycles. The lowest BCUT2D eigenvalue weighted by Crippen LogP contribution is -2.48. The van der Waals surface area contributed by atoms with E-state index in [9.17, 15) is 4.79 Å². The molecule has 3 heterocycles. The van der Waals surface area contributed by atoms with E-state index in [4.69, 9.17) is 0 Å². The molecule has 2 aliphatic rings. The van der Waals surface area contributed by atoms with Gasteiger partial charge in [0.25, 0.3) is 5.91 Å². The summed E-state index contributed by atoms with van der Waals surface area (Å²) in [7, 11) is 1.85. The third-order valence-corrected chi connectivity index (χ3v) is 5.54. The molecule has 24 heavy (non-hydrogen) atoms. The van der Waals surface area contributed by atoms with Crippen molar-refractivity contribution in [3.8, 4) is 0 Å². The van der Waals surface area contributed by atoms with Gasteiger partial charge in [0.15, 0.2) is 0 Å². The van der Waals surface area contributed by atoms with Gasteiger partial charge in [-0.3, -0.25) is 9.48 Å². The number of carbonyl (C=O) groups is 1. The molecule has 1 atom stereocenters. The molecule has 2 aromatic rings. The van der Waals surface area contributed by atoms with Gasteiger partial charge in [-0.15, -0.1) is 0 Å². The lowest BCUT2D eigenvalue weighted by molar-refractivity contribution is 0.0927. The average Bonchev–Trinajstić information content (AvgIpc) is 3.20. The monoisotopic (exact) mass is 346 g/mol. The van der Waals surface area contributed by atoms with Crippen LogP contribution in [0, 0.1) is 6.92 Å². The zero-order valence-electron chi connectivity index (χ0n) is 14.0. The molecule has 0 spiro atoms. The summed E-state index contributed by atoms with van der Waals surface area (Å²) < 4.78 is 6.21. The molecule has 2 aromatic heterocycles. The van der Waals surface area contributed by atoms with Crippen LogP contribution in [0.15, 0.2) is 6.07 Å². The van der Waals surface area contributed by atoms with Crippen LogP contribution in [0.3, 0.4) is 0 Å². The average molecular weight is 346 g/mol. The molecule has 1 saturated heterocycles. The van der Waals surface area contributed by atoms with Crippen LogP contribution >= 0.6 is 11.5 Å². The Morgan fingerprint density at radius 3 is 2.92 bits per heavy atom. The van der Waals surface area contributed by atoms with E-state index in [-0.39, 0.29) is 11.9 Å². The molecule has 1 saturated carbocycles. The van der Waals surface area contributed by atoms with Gasteiger partial charge in [0, 0.05) is 49.3 Å². The molecule has 0 bridgehead atoms. The second kappa shape index (κ2) is 6.16. The van der Waals surface area contributed by atoms with Crippen LogP contribution in [0.25, 0.3) is 0 Å². The predicted molar refractivity (Wildman–Crippen MR) is 92.5 cm³/mol. The molecule has 7 nitrogen and oxygen atoms in total. The number of piperidine rings is 1. The molecular weight excluding hydrogens is 324 g/mol. The molecule has 1 N–H and O–H groups in total. The number of anilines is 1. The van der Waals surface area contributed by atoms with Gasteiger partial charge in [0.1, 0.15) is 11.5 Å². The van der Waals surface area contributed by atoms with E-state index in [0.29, 0.717) is 11.6 Å². The second-order valence-electron chi connectivity index (χ2n) is 6.76. The van der Waals surface area contributed by atoms with Gasteiger partial charge in [-0.1, -0.05) is 0 Å². The van der Waals surface area contributed by atoms with E-state index < -0.39 is 0 Å². The Hall–Kier alpha value is -1.96. The standard InChI is InChI=1S/C16H22N6OS/c1-10-8-13(19-21(10)2)15(23)17-12-4-3-7-22(9-12)16-18-14(20-24-16)11-5-6-11/h8,11-12H,3-7,9H2,1-2H3,(H,17,23). The third-order valence-electron chi connectivity index (χ3n) is 4.75. The van der Waals surface area contributed by atoms with Gasteiger partial charge < -0.3 is 10.2 Å². The fourth-order valence-electron chi connectivity index (χ4n) is 3.06. The zero-order chi connectivity index (χ0) is 16.7. The predicted octanol–water partition coefficient (Wildman–Crippen LogP) is 1.86. The summed E-state index contributed by atoms with van der Waals surface area (Å²) in [4.78, 5) is 19.3. The molecule has 4 rings (SSSR count). The minimum Gasteiger partial charge on any atom is -0.346 e. The Balaban J connectivity index is 1.39. The molecule has 1 amide bonds. The quantitative estimate of drug-likeness (QED) is 0.914. The highest BCUT2D eigenvalue weighted by Crippen LogP contribution is 2.39. The van der Waals surface area contributed by atoms with Crippen molar-refractivity contribution in [3.05, 3.63) is 23.3 Å². The Morgan fingerprint density at radius 2 is 2.21 bits per heavy atom. The number of carbonyl (C=O) groups excluding carboxylic acids is 1. The first-order valence-corrected chi connectivity index (χ1v) is 9.27. The first-order valence-electron chi connectivity index (χ1n) is 8.50. The Morgan fingerprint density at radius 1 is 1.38 bits per heavy atom. The lowest BCUT2D eigenvalue weighted by Gasteiger charge is -2.32. The van der Waals surface area contributed by atoms with Gasteiger partial charge in [0.05, 0.1) is 0 Å². The molecule has 1 unspecified atom stereocenters. The molecule has 2 fully saturated rings. The van der Waals surface area contributed by atoms with Crippen LogP contribution in [0.2, 0.25) is 0 Å². The van der Waals surface area contributed by atoms with Crippen LogP contribution in [-0.4, -0.2) is 44.2 Å². The number of nitrogens with zero attached hydrogens (tertiary/aromatic N) is 5. The van der Waals surface area contributed by atoms with E-state index in [1.807, 2.05) is 20.0 Å². The summed E-state index contributed by atoms with van der Waals surface area (Å²) in [5, 5.41) is 8.36. The van der Waals surface area contributed by atoms with Crippen molar-refractivity contribution in [2.24, 2.45) is 7.05 Å². The number of hydrogen-bond acceptors (Lipinski definition) is 6. The van der Waals surface area contributed by atoms with Crippen molar-refractivity contribution in [3.63, 3.8) is 0 Å². The summed E-state index contributed by atoms with van der Waals surface area (Å²) >= 11 is 1.48. The maximum atomic E-state index is 12.4. The maximum Gasteiger partial charge on any atom is 0.272 e. The Kier molecular flexibility index (Phi) is 3.99. The normalized spacial score (nSPS) is 21.1. The molecule has 0 radical (unpaired) electrons. The van der Waals surface area contributed by atoms with Crippen LogP contribution in [-0.2, 0) is 7.05 Å². The smallest absolute Gasteiger partial charge is 0.272 e. The number of nitrogens with one attached hydrogen (secondary N) is 1. The van der Waals surface area contributed by atoms with Crippen LogP contribution in [0.4, 0.5) is 5.13 Å². The first kappa shape index (κ1) is 15.6. The molecule has 1 aliphatic heterocycles. The van der Waals surface area contributed by atoms with E-state index in [0.717, 1.165) is 42.6 Å². The van der Waals surface area contributed by atoms with E-state index in [2.05, 4.69) is 24.7 Å². The number of amides is 1. The second-order valence-corrected chi connectivity index (χ2v) is 7.49. The van der Waals surface area contributed by atoms with Gasteiger partial charge in [-0.05, 0) is 38.7 Å². The summed E-state index contributed by atoms with van der Waals surface area (Å²) in [6.07, 6.45) is 4.48. The maximum absolute atomic E-state index is 12.4. The number of hydrogen-bond donors (Lipinski definition) is 1. The van der Waals surface area contributed by atoms with Gasteiger partial charge in [0.2, 0.25) is 5.13 Å². The van der Waals surface area contributed by atoms with Crippen molar-refractivity contribution >= 4 is 22.6 Å². The summed E-state index contributed by atoms with van der Waals surface area (Å²) in [5.41, 5.74) is 1.46. The fourth-order valence-corrected chi connectivity index (χ4v) is 3.84. The summed E-state index contributed by atoms with van der Waals surface area (Å²) in [6, 6.07) is 1.95. The zero-order valence-corrected chi connectivity index (χ0v) is 14.8. The molecule has 128 valence electrons. The fraction of sp³-hybridized carbons (Fsp3) is 0.625. The molecular formula is C16H22N6OS. The first-order chi connectivity index (χ1) is 11.6. The van der Waals surface area contributed by atoms with Crippen LogP contribution in [0.1, 0.15) is 53.6 Å². The minimum absolute atomic E-state index is 0.0958. The molecule has 8 heteroatoms. The largest absolute Gasteiger partial charge is 0.346 e. The van der Waals surface area contributed by atoms with Crippen molar-refractivity contribution in [2.45, 2.75) is 44.6 Å². The van der Waals surface area contributed by atoms with Crippen molar-refractivity contribution < 1.29 is 4.79 Å². The highest BCUT2D eigenvalue weighted by Gasteiger charge is 2.30. The Bertz CT molecular complexity index is 730. The highest BCUT2D eigenvalue weighted by molar-refractivity contribution is 7.09. The van der Waals surface area contributed by atoms with E-state index in [1.165, 1.54) is 24.4 Å². The number of aryl methyl sites for hydroxylation is 2. The summed E-state index contributed by atoms with van der Waals surface area (Å²) in [5.74, 6) is 1.49. The van der Waals surface area contributed by atoms with Crippen molar-refractivity contribution in [2.75, 3.05) is 18.0 Å². The topological polar surface area (TPSA) is 75.9 Å². The number of aromatic nitrogens is 4. The van der Waals surface area contributed by atoms with Gasteiger partial charge >= 0.3 is 0 Å². The van der Waals surface area contributed by atoms with Gasteiger partial charge in [-0.25, -0.2) is 4.98 Å². The van der Waals surface area contributed by atoms with Crippen molar-refractivity contribution in [1.82, 2.24) is 24.5 Å². The minimum atomic E-state index is -0.0958. The Labute approximate surface area is 145 Å². The molecule has 0 aromatic carbocycles.